The van der Waals surface area contributed by atoms with Crippen LogP contribution in [0.4, 0.5) is 0 Å². The van der Waals surface area contributed by atoms with Crippen molar-refractivity contribution in [2.24, 2.45) is 0 Å². The first-order valence-electron chi connectivity index (χ1n) is 4.17. The smallest absolute Gasteiger partial charge is 0.148 e. The molecule has 13 heavy (non-hydrogen) atoms. The summed E-state index contributed by atoms with van der Waals surface area (Å²) in [6, 6.07) is 0.191. The van der Waals surface area contributed by atoms with Gasteiger partial charge in [0.1, 0.15) is 24.5 Å². The van der Waals surface area contributed by atoms with Crippen molar-refractivity contribution >= 4 is 6.29 Å². The minimum atomic E-state index is -0.985. The number of aliphatic hydroxyl groups is 1. The van der Waals surface area contributed by atoms with Crippen LogP contribution in [0.3, 0.4) is 0 Å². The molecule has 0 aliphatic heterocycles. The van der Waals surface area contributed by atoms with E-state index in [2.05, 4.69) is 10.1 Å². The van der Waals surface area contributed by atoms with Gasteiger partial charge in [-0.05, 0) is 13.8 Å². The summed E-state index contributed by atoms with van der Waals surface area (Å²) in [5, 5.41) is 13.1. The summed E-state index contributed by atoms with van der Waals surface area (Å²) in [5.41, 5.74) is 0. The molecule has 1 rings (SSSR count). The number of carbonyl (C=O) groups is 1. The van der Waals surface area contributed by atoms with Crippen LogP contribution < -0.4 is 0 Å². The van der Waals surface area contributed by atoms with Gasteiger partial charge >= 0.3 is 0 Å². The topological polar surface area (TPSA) is 68.0 Å². The number of hydrogen-bond acceptors (Lipinski definition) is 4. The van der Waals surface area contributed by atoms with Crippen LogP contribution in [-0.2, 0) is 11.2 Å². The Morgan fingerprint density at radius 1 is 1.69 bits per heavy atom. The van der Waals surface area contributed by atoms with Crippen LogP contribution in [0, 0.1) is 0 Å². The van der Waals surface area contributed by atoms with Gasteiger partial charge in [0, 0.05) is 12.5 Å². The Kier molecular flexibility index (Phi) is 3.13. The van der Waals surface area contributed by atoms with E-state index in [0.29, 0.717) is 12.1 Å². The van der Waals surface area contributed by atoms with Crippen molar-refractivity contribution < 1.29 is 9.90 Å². The molecule has 0 fully saturated rings. The SMILES string of the molecule is CC(C)n1ncnc1CC(O)C=O. The molecule has 5 nitrogen and oxygen atoms in total. The van der Waals surface area contributed by atoms with E-state index in [0.717, 1.165) is 0 Å². The molecule has 1 unspecified atom stereocenters. The van der Waals surface area contributed by atoms with Crippen molar-refractivity contribution in [1.82, 2.24) is 14.8 Å². The highest BCUT2D eigenvalue weighted by atomic mass is 16.3. The van der Waals surface area contributed by atoms with Crippen LogP contribution in [0.1, 0.15) is 25.7 Å². The minimum Gasteiger partial charge on any atom is -0.385 e. The quantitative estimate of drug-likeness (QED) is 0.665. The Hall–Kier alpha value is -1.23. The number of aliphatic hydroxyl groups excluding tert-OH is 1. The van der Waals surface area contributed by atoms with E-state index in [1.165, 1.54) is 6.33 Å². The summed E-state index contributed by atoms with van der Waals surface area (Å²) < 4.78 is 1.69. The van der Waals surface area contributed by atoms with Crippen LogP contribution in [0.15, 0.2) is 6.33 Å². The third-order valence-corrected chi connectivity index (χ3v) is 1.69. The van der Waals surface area contributed by atoms with E-state index in [-0.39, 0.29) is 12.5 Å². The number of hydrogen-bond donors (Lipinski definition) is 1. The molecule has 0 saturated heterocycles. The Balaban J connectivity index is 2.76. The highest BCUT2D eigenvalue weighted by Gasteiger charge is 2.11. The molecule has 0 saturated carbocycles. The van der Waals surface area contributed by atoms with Crippen LogP contribution in [-0.4, -0.2) is 32.3 Å². The predicted molar refractivity (Wildman–Crippen MR) is 46.2 cm³/mol. The molecule has 5 heteroatoms. The number of rotatable bonds is 4. The fraction of sp³-hybridized carbons (Fsp3) is 0.625. The van der Waals surface area contributed by atoms with Crippen molar-refractivity contribution in [2.45, 2.75) is 32.4 Å². The van der Waals surface area contributed by atoms with Gasteiger partial charge in [-0.15, -0.1) is 0 Å². The van der Waals surface area contributed by atoms with Gasteiger partial charge in [-0.1, -0.05) is 0 Å². The average molecular weight is 183 g/mol. The predicted octanol–water partition coefficient (Wildman–Crippen LogP) is -0.0387. The fourth-order valence-corrected chi connectivity index (χ4v) is 1.09. The third-order valence-electron chi connectivity index (χ3n) is 1.69. The zero-order chi connectivity index (χ0) is 9.84. The Labute approximate surface area is 76.4 Å². The molecule has 0 aliphatic carbocycles. The Morgan fingerprint density at radius 2 is 2.38 bits per heavy atom. The molecule has 0 amide bonds. The first-order valence-corrected chi connectivity index (χ1v) is 4.17. The van der Waals surface area contributed by atoms with E-state index in [1.54, 1.807) is 4.68 Å². The van der Waals surface area contributed by atoms with E-state index >= 15 is 0 Å². The van der Waals surface area contributed by atoms with Crippen molar-refractivity contribution in [3.8, 4) is 0 Å². The van der Waals surface area contributed by atoms with Gasteiger partial charge in [-0.2, -0.15) is 5.10 Å². The van der Waals surface area contributed by atoms with Gasteiger partial charge in [0.2, 0.25) is 0 Å². The highest BCUT2D eigenvalue weighted by Crippen LogP contribution is 2.06. The first kappa shape index (κ1) is 9.85. The molecular formula is C8H13N3O2. The Morgan fingerprint density at radius 3 is 2.92 bits per heavy atom. The zero-order valence-corrected chi connectivity index (χ0v) is 7.71. The van der Waals surface area contributed by atoms with Gasteiger partial charge in [0.15, 0.2) is 0 Å². The summed E-state index contributed by atoms with van der Waals surface area (Å²) in [7, 11) is 0. The molecule has 1 aromatic rings. The van der Waals surface area contributed by atoms with Gasteiger partial charge < -0.3 is 9.90 Å². The maximum absolute atomic E-state index is 10.2. The molecular weight excluding hydrogens is 170 g/mol. The van der Waals surface area contributed by atoms with E-state index in [4.69, 9.17) is 5.11 Å². The van der Waals surface area contributed by atoms with Crippen LogP contribution >= 0.6 is 0 Å². The second-order valence-electron chi connectivity index (χ2n) is 3.12. The summed E-state index contributed by atoms with van der Waals surface area (Å²) in [6.07, 6.45) is 1.16. The van der Waals surface area contributed by atoms with Gasteiger partial charge in [-0.3, -0.25) is 0 Å². The largest absolute Gasteiger partial charge is 0.385 e. The van der Waals surface area contributed by atoms with Gasteiger partial charge in [0.05, 0.1) is 0 Å². The number of aromatic nitrogens is 3. The molecule has 1 atom stereocenters. The standard InChI is InChI=1S/C8H13N3O2/c1-6(2)11-8(9-5-10-11)3-7(13)4-12/h4-7,13H,3H2,1-2H3. The first-order chi connectivity index (χ1) is 6.15. The van der Waals surface area contributed by atoms with Crippen molar-refractivity contribution in [1.29, 1.82) is 0 Å². The second kappa shape index (κ2) is 4.13. The van der Waals surface area contributed by atoms with Crippen LogP contribution in [0.2, 0.25) is 0 Å². The molecule has 72 valence electrons. The van der Waals surface area contributed by atoms with Crippen LogP contribution in [0.5, 0.6) is 0 Å². The van der Waals surface area contributed by atoms with E-state index in [9.17, 15) is 4.79 Å². The summed E-state index contributed by atoms with van der Waals surface area (Å²) in [5.74, 6) is 0.634. The zero-order valence-electron chi connectivity index (χ0n) is 7.71. The number of aldehydes is 1. The average Bonchev–Trinajstić information content (AvgIpc) is 2.52. The molecule has 0 radical (unpaired) electrons. The molecule has 1 aromatic heterocycles. The third kappa shape index (κ3) is 2.35. The number of carbonyl (C=O) groups excluding carboxylic acids is 1. The van der Waals surface area contributed by atoms with Crippen LogP contribution in [0.25, 0.3) is 0 Å². The lowest BCUT2D eigenvalue weighted by Crippen LogP contribution is -2.17. The van der Waals surface area contributed by atoms with Crippen molar-refractivity contribution in [3.63, 3.8) is 0 Å². The van der Waals surface area contributed by atoms with Gasteiger partial charge in [0.25, 0.3) is 0 Å². The van der Waals surface area contributed by atoms with Gasteiger partial charge in [-0.25, -0.2) is 9.67 Å². The molecule has 0 aliphatic rings. The molecule has 1 heterocycles. The lowest BCUT2D eigenvalue weighted by molar-refractivity contribution is -0.114. The molecule has 0 bridgehead atoms. The molecule has 1 N–H and O–H groups in total. The summed E-state index contributed by atoms with van der Waals surface area (Å²) >= 11 is 0. The highest BCUT2D eigenvalue weighted by molar-refractivity contribution is 5.55. The number of nitrogens with zero attached hydrogens (tertiary/aromatic N) is 3. The maximum atomic E-state index is 10.2. The van der Waals surface area contributed by atoms with Crippen molar-refractivity contribution in [2.75, 3.05) is 0 Å². The van der Waals surface area contributed by atoms with E-state index in [1.807, 2.05) is 13.8 Å². The van der Waals surface area contributed by atoms with E-state index < -0.39 is 6.10 Å². The molecule has 0 aromatic carbocycles. The Bertz CT molecular complexity index is 283. The fourth-order valence-electron chi connectivity index (χ4n) is 1.09. The normalized spacial score (nSPS) is 13.2. The lowest BCUT2D eigenvalue weighted by atomic mass is 10.2. The molecule has 0 spiro atoms. The van der Waals surface area contributed by atoms with Crippen molar-refractivity contribution in [3.05, 3.63) is 12.2 Å². The monoisotopic (exact) mass is 183 g/mol. The summed E-state index contributed by atoms with van der Waals surface area (Å²) in [4.78, 5) is 14.2. The maximum Gasteiger partial charge on any atom is 0.148 e. The second-order valence-corrected chi connectivity index (χ2v) is 3.12. The minimum absolute atomic E-state index is 0.191. The lowest BCUT2D eigenvalue weighted by Gasteiger charge is -2.09. The summed E-state index contributed by atoms with van der Waals surface area (Å²) in [6.45, 7) is 3.93.